The fourth-order valence-electron chi connectivity index (χ4n) is 9.62. The number of carbonyl (C=O) groups excluding carboxylic acids is 10. The van der Waals surface area contributed by atoms with E-state index in [1.807, 2.05) is 201 Å². The summed E-state index contributed by atoms with van der Waals surface area (Å²) < 4.78 is 73.4. The maximum absolute atomic E-state index is 13.3. The lowest BCUT2D eigenvalue weighted by molar-refractivity contribution is -0.409. The van der Waals surface area contributed by atoms with E-state index in [4.69, 9.17) is 37.9 Å². The van der Waals surface area contributed by atoms with E-state index in [0.717, 1.165) is 50.1 Å². The lowest BCUT2D eigenvalue weighted by Crippen LogP contribution is -2.65. The van der Waals surface area contributed by atoms with E-state index in [0.29, 0.717) is 6.42 Å². The Hall–Kier alpha value is -12.7. The molecule has 25 nitrogen and oxygen atoms in total. The normalized spacial score (nSPS) is 11.5. The van der Waals surface area contributed by atoms with Crippen LogP contribution in [0.2, 0.25) is 0 Å². The van der Waals surface area contributed by atoms with Crippen molar-refractivity contribution in [2.24, 2.45) is 4.99 Å². The number of ether oxygens (including phenoxy) is 8. The van der Waals surface area contributed by atoms with Gasteiger partial charge in [0.15, 0.2) is 12.1 Å². The van der Waals surface area contributed by atoms with Crippen LogP contribution in [0.5, 0.6) is 0 Å². The number of amides is 2. The molecule has 26 heteroatoms. The zero-order valence-corrected chi connectivity index (χ0v) is 62.0. The van der Waals surface area contributed by atoms with Crippen LogP contribution in [0.3, 0.4) is 0 Å². The molecule has 4 atom stereocenters. The zero-order chi connectivity index (χ0) is 79.7. The summed E-state index contributed by atoms with van der Waals surface area (Å²) >= 11 is 0. The lowest BCUT2D eigenvalue weighted by atomic mass is 10.1. The van der Waals surface area contributed by atoms with Crippen LogP contribution in [0.15, 0.2) is 277 Å². The largest absolute Gasteiger partial charge is 0.744 e. The minimum Gasteiger partial charge on any atom is -0.744 e. The highest BCUT2D eigenvalue weighted by Crippen LogP contribution is 2.16. The molecule has 9 aromatic rings. The third-order valence-electron chi connectivity index (χ3n) is 15.8. The second kappa shape index (κ2) is 50.0. The van der Waals surface area contributed by atoms with Gasteiger partial charge < -0.3 is 58.8 Å². The number of quaternary nitrogens is 1. The molecular weight excluding hydrogens is 1450 g/mol. The maximum Gasteiger partial charge on any atom is 0.365 e. The Balaban J connectivity index is 0.000000262. The van der Waals surface area contributed by atoms with Gasteiger partial charge in [0.25, 0.3) is 0 Å². The van der Waals surface area contributed by atoms with Crippen LogP contribution in [0.25, 0.3) is 0 Å². The number of hydrogen-bond donors (Lipinski definition) is 3. The van der Waals surface area contributed by atoms with Crippen molar-refractivity contribution < 1.29 is 105 Å². The molecule has 9 aromatic carbocycles. The Bertz CT molecular complexity index is 4330. The van der Waals surface area contributed by atoms with Gasteiger partial charge in [-0.3, -0.25) is 19.2 Å². The molecule has 0 saturated heterocycles. The van der Waals surface area contributed by atoms with Gasteiger partial charge in [0, 0.05) is 25.7 Å². The SMILES string of the molecule is Cc1ccc(S(=O)(=O)[O-])cc1.O=C(N[C@@H](CCC(=O)OCc1ccccc1)C(=O)OCc1ccccc1)N[C@H](CCC(=O)OCc1ccccc1)C(=O)OCc1ccccc1.O=C=N[C@@H](CCC(=O)OCc1ccccc1)C(=O)OCc1ccccc1.[NH3+][C@@H](CCC(=O)OCc1ccccc1)C(=O)OCc1ccccc1. The molecule has 0 radical (unpaired) electrons. The molecule has 9 rings (SSSR count). The van der Waals surface area contributed by atoms with Crippen molar-refractivity contribution in [3.05, 3.63) is 317 Å². The summed E-state index contributed by atoms with van der Waals surface area (Å²) in [6.07, 6.45) is 1.10. The van der Waals surface area contributed by atoms with Crippen LogP contribution in [0.4, 0.5) is 4.79 Å². The number of benzene rings is 9. The van der Waals surface area contributed by atoms with E-state index >= 15 is 0 Å². The maximum atomic E-state index is 13.3. The smallest absolute Gasteiger partial charge is 0.365 e. The average Bonchev–Trinajstić information content (AvgIpc) is 0.869. The van der Waals surface area contributed by atoms with Gasteiger partial charge in [0.05, 0.1) is 11.3 Å². The van der Waals surface area contributed by atoms with Crippen molar-refractivity contribution in [1.29, 1.82) is 0 Å². The minimum absolute atomic E-state index is 0.0243. The number of isocyanates is 1. The molecule has 5 N–H and O–H groups in total. The second-order valence-corrected chi connectivity index (χ2v) is 25.9. The fourth-order valence-corrected chi connectivity index (χ4v) is 10.1. The first-order valence-electron chi connectivity index (χ1n) is 35.3. The van der Waals surface area contributed by atoms with E-state index in [-0.39, 0.29) is 109 Å². The van der Waals surface area contributed by atoms with Crippen LogP contribution in [0, 0.1) is 6.92 Å². The van der Waals surface area contributed by atoms with Crippen molar-refractivity contribution in [1.82, 2.24) is 10.6 Å². The molecule has 0 aliphatic carbocycles. The van der Waals surface area contributed by atoms with Crippen molar-refractivity contribution in [3.63, 3.8) is 0 Å². The Morgan fingerprint density at radius 3 is 0.865 bits per heavy atom. The van der Waals surface area contributed by atoms with E-state index in [1.54, 1.807) is 60.7 Å². The number of nitrogens with zero attached hydrogens (tertiary/aromatic N) is 1. The molecule has 0 saturated carbocycles. The topological polar surface area (TPSA) is 366 Å². The average molecular weight is 1530 g/mol. The van der Waals surface area contributed by atoms with Gasteiger partial charge in [-0.05, 0) is 82.8 Å². The first-order valence-corrected chi connectivity index (χ1v) is 36.7. The summed E-state index contributed by atoms with van der Waals surface area (Å²) in [5, 5.41) is 5.04. The van der Waals surface area contributed by atoms with Gasteiger partial charge >= 0.3 is 53.8 Å². The highest BCUT2D eigenvalue weighted by Gasteiger charge is 2.29. The molecule has 580 valence electrons. The van der Waals surface area contributed by atoms with Crippen LogP contribution in [0.1, 0.15) is 101 Å². The van der Waals surface area contributed by atoms with Gasteiger partial charge in [-0.1, -0.05) is 260 Å². The van der Waals surface area contributed by atoms with Gasteiger partial charge in [-0.15, -0.1) is 0 Å². The number of hydrogen-bond acceptors (Lipinski definition) is 22. The Morgan fingerprint density at radius 1 is 0.351 bits per heavy atom. The number of aryl methyl sites for hydroxylation is 1. The van der Waals surface area contributed by atoms with Crippen molar-refractivity contribution in [3.8, 4) is 0 Å². The lowest BCUT2D eigenvalue weighted by Gasteiger charge is -2.21. The molecule has 0 bridgehead atoms. The minimum atomic E-state index is -4.27. The molecule has 0 unspecified atom stereocenters. The number of rotatable bonds is 36. The third kappa shape index (κ3) is 37.1. The van der Waals surface area contributed by atoms with Crippen LogP contribution >= 0.6 is 0 Å². The number of nitrogens with one attached hydrogen (secondary N) is 2. The zero-order valence-electron chi connectivity index (χ0n) is 61.2. The molecule has 0 fully saturated rings. The summed E-state index contributed by atoms with van der Waals surface area (Å²) in [4.78, 5) is 126. The van der Waals surface area contributed by atoms with E-state index in [9.17, 15) is 60.9 Å². The second-order valence-electron chi connectivity index (χ2n) is 24.5. The molecule has 0 spiro atoms. The molecular formula is C85H88N4O21S. The number of aliphatic imine (C=N–C) groups is 1. The first-order chi connectivity index (χ1) is 53.7. The van der Waals surface area contributed by atoms with Crippen LogP contribution < -0.4 is 16.4 Å². The van der Waals surface area contributed by atoms with E-state index < -0.39 is 82.1 Å². The van der Waals surface area contributed by atoms with Gasteiger partial charge in [0.2, 0.25) is 6.08 Å². The Morgan fingerprint density at radius 2 is 0.595 bits per heavy atom. The number of esters is 8. The monoisotopic (exact) mass is 1530 g/mol. The van der Waals surface area contributed by atoms with Crippen LogP contribution in [-0.4, -0.2) is 97.0 Å². The standard InChI is InChI=1S/C39H40N2O9.C20H19NO5.C19H21NO4.C7H8O3S/c42-35(47-25-29-13-5-1-6-14-29)23-21-33(37(44)49-27-31-17-9-3-10-18-31)40-39(46)41-34(38(45)50-28-32-19-11-4-12-20-32)22-24-36(43)48-26-30-15-7-2-8-16-30;22-15-21-18(20(24)26-14-17-9-5-2-6-10-17)11-12-19(23)25-13-16-7-3-1-4-8-16;20-17(19(22)24-14-16-9-5-2-6-10-16)11-12-18(21)23-13-15-7-3-1-4-8-15;1-6-2-4-7(5-3-6)11(8,9)10/h1-20,33-34H,21-28H2,(H2,40,41,46);1-10,18H,11-14H2;1-10,17H,11-14,20H2;2-5H,1H3,(H,8,9,10)/t33-,34+;18-;17-;/m.00./s1. The summed E-state index contributed by atoms with van der Waals surface area (Å²) in [6, 6.07) is 74.1. The fraction of sp³-hybridized carbons (Fsp3) is 0.247. The van der Waals surface area contributed by atoms with Crippen molar-refractivity contribution in [2.45, 2.75) is 140 Å². The summed E-state index contributed by atoms with van der Waals surface area (Å²) in [6.45, 7) is 2.48. The molecule has 0 aliphatic rings. The predicted molar refractivity (Wildman–Crippen MR) is 404 cm³/mol. The van der Waals surface area contributed by atoms with E-state index in [2.05, 4.69) is 21.4 Å². The van der Waals surface area contributed by atoms with Gasteiger partial charge in [-0.2, -0.15) is 4.99 Å². The van der Waals surface area contributed by atoms with Gasteiger partial charge in [0.1, 0.15) is 75.1 Å². The first kappa shape index (κ1) is 87.2. The quantitative estimate of drug-likeness (QED) is 0.0108. The molecule has 0 aliphatic heterocycles. The Kier molecular flexibility index (Phi) is 39.3. The predicted octanol–water partition coefficient (Wildman–Crippen LogP) is 11.3. The summed E-state index contributed by atoms with van der Waals surface area (Å²) in [5.74, 6) is -4.62. The molecule has 111 heavy (non-hydrogen) atoms. The van der Waals surface area contributed by atoms with Crippen molar-refractivity contribution in [2.75, 3.05) is 0 Å². The summed E-state index contributed by atoms with van der Waals surface area (Å²) in [5.41, 5.74) is 11.3. The molecule has 2 amide bonds. The highest BCUT2D eigenvalue weighted by atomic mass is 32.2. The highest BCUT2D eigenvalue weighted by molar-refractivity contribution is 7.85. The van der Waals surface area contributed by atoms with Gasteiger partial charge in [-0.25, -0.2) is 37.2 Å². The van der Waals surface area contributed by atoms with E-state index in [1.165, 1.54) is 18.2 Å². The third-order valence-corrected chi connectivity index (χ3v) is 16.6. The molecule has 0 aromatic heterocycles. The van der Waals surface area contributed by atoms with Crippen molar-refractivity contribution >= 4 is 70.0 Å². The Labute approximate surface area is 644 Å². The summed E-state index contributed by atoms with van der Waals surface area (Å²) in [7, 11) is -4.27. The number of urea groups is 1. The van der Waals surface area contributed by atoms with Crippen LogP contribution in [-0.2, 0) is 144 Å². The number of carbonyl (C=O) groups is 9. The molecule has 0 heterocycles.